The number of hydrogen-bond donors (Lipinski definition) is 2. The van der Waals surface area contributed by atoms with E-state index in [2.05, 4.69) is 10.6 Å². The summed E-state index contributed by atoms with van der Waals surface area (Å²) < 4.78 is 0. The first kappa shape index (κ1) is 18.3. The zero-order chi connectivity index (χ0) is 18.2. The molecule has 2 aromatic carbocycles. The number of nitrogens with one attached hydrogen (secondary N) is 2. The molecule has 0 saturated heterocycles. The molecule has 0 fully saturated rings. The van der Waals surface area contributed by atoms with Crippen molar-refractivity contribution in [1.82, 2.24) is 0 Å². The highest BCUT2D eigenvalue weighted by Crippen LogP contribution is 2.23. The van der Waals surface area contributed by atoms with E-state index in [-0.39, 0.29) is 5.57 Å². The first-order chi connectivity index (χ1) is 12.1. The number of aryl methyl sites for hydroxylation is 3. The number of para-hydroxylation sites is 1. The van der Waals surface area contributed by atoms with Crippen LogP contribution in [0, 0.1) is 18.3 Å². The van der Waals surface area contributed by atoms with Gasteiger partial charge in [0, 0.05) is 17.6 Å². The highest BCUT2D eigenvalue weighted by atomic mass is 16.1. The van der Waals surface area contributed by atoms with Crippen LogP contribution in [0.3, 0.4) is 0 Å². The van der Waals surface area contributed by atoms with Crippen LogP contribution in [0.1, 0.15) is 30.5 Å². The molecule has 2 rings (SSSR count). The Kier molecular flexibility index (Phi) is 6.36. The second-order valence-electron chi connectivity index (χ2n) is 5.79. The standard InChI is InChI=1S/C21H23N3O/c1-4-16-7-6-8-17(5-2)20(16)24-21(25)18(13-22)14-23-19-11-9-15(3)10-12-19/h6-12,14,23H,4-5H2,1-3H3,(H,24,25)/b18-14-. The number of nitriles is 1. The molecule has 0 aliphatic rings. The molecule has 0 aliphatic heterocycles. The molecule has 0 atom stereocenters. The van der Waals surface area contributed by atoms with E-state index in [1.165, 1.54) is 6.20 Å². The quantitative estimate of drug-likeness (QED) is 0.601. The van der Waals surface area contributed by atoms with Gasteiger partial charge in [-0.1, -0.05) is 49.7 Å². The van der Waals surface area contributed by atoms with Gasteiger partial charge in [-0.3, -0.25) is 4.79 Å². The summed E-state index contributed by atoms with van der Waals surface area (Å²) in [6.07, 6.45) is 3.08. The molecule has 0 heterocycles. The normalized spacial score (nSPS) is 10.9. The number of carbonyl (C=O) groups is 1. The van der Waals surface area contributed by atoms with Crippen LogP contribution < -0.4 is 10.6 Å². The lowest BCUT2D eigenvalue weighted by Crippen LogP contribution is -2.17. The lowest BCUT2D eigenvalue weighted by Gasteiger charge is -2.14. The third kappa shape index (κ3) is 4.71. The zero-order valence-corrected chi connectivity index (χ0v) is 14.9. The van der Waals surface area contributed by atoms with E-state index < -0.39 is 5.91 Å². The van der Waals surface area contributed by atoms with Gasteiger partial charge in [0.15, 0.2) is 0 Å². The molecule has 1 amide bonds. The second-order valence-corrected chi connectivity index (χ2v) is 5.79. The number of nitrogens with zero attached hydrogens (tertiary/aromatic N) is 1. The Morgan fingerprint density at radius 3 is 2.20 bits per heavy atom. The zero-order valence-electron chi connectivity index (χ0n) is 14.9. The molecule has 4 nitrogen and oxygen atoms in total. The number of hydrogen-bond acceptors (Lipinski definition) is 3. The maximum absolute atomic E-state index is 12.5. The fourth-order valence-electron chi connectivity index (χ4n) is 2.54. The molecule has 128 valence electrons. The summed E-state index contributed by atoms with van der Waals surface area (Å²) in [5.41, 5.74) is 4.96. The summed E-state index contributed by atoms with van der Waals surface area (Å²) in [6.45, 7) is 6.10. The summed E-state index contributed by atoms with van der Waals surface area (Å²) in [6, 6.07) is 15.7. The van der Waals surface area contributed by atoms with E-state index in [1.807, 2.05) is 69.3 Å². The molecule has 0 radical (unpaired) electrons. The molecular formula is C21H23N3O. The molecule has 0 spiro atoms. The Bertz CT molecular complexity index is 792. The largest absolute Gasteiger partial charge is 0.360 e. The van der Waals surface area contributed by atoms with E-state index >= 15 is 0 Å². The van der Waals surface area contributed by atoms with Gasteiger partial charge >= 0.3 is 0 Å². The minimum absolute atomic E-state index is 0.0357. The molecule has 25 heavy (non-hydrogen) atoms. The molecule has 4 heteroatoms. The number of carbonyl (C=O) groups excluding carboxylic acids is 1. The van der Waals surface area contributed by atoms with Gasteiger partial charge < -0.3 is 10.6 Å². The fourth-order valence-corrected chi connectivity index (χ4v) is 2.54. The summed E-state index contributed by atoms with van der Waals surface area (Å²) >= 11 is 0. The fraction of sp³-hybridized carbons (Fsp3) is 0.238. The van der Waals surface area contributed by atoms with Crippen molar-refractivity contribution in [3.05, 3.63) is 70.9 Å². The predicted octanol–water partition coefficient (Wildman–Crippen LogP) is 4.58. The average Bonchev–Trinajstić information content (AvgIpc) is 2.63. The number of anilines is 2. The van der Waals surface area contributed by atoms with Crippen molar-refractivity contribution < 1.29 is 4.79 Å². The molecule has 0 unspecified atom stereocenters. The number of benzene rings is 2. The molecular weight excluding hydrogens is 310 g/mol. The van der Waals surface area contributed by atoms with Crippen LogP contribution >= 0.6 is 0 Å². The predicted molar refractivity (Wildman–Crippen MR) is 102 cm³/mol. The lowest BCUT2D eigenvalue weighted by molar-refractivity contribution is -0.112. The molecule has 0 saturated carbocycles. The van der Waals surface area contributed by atoms with Gasteiger partial charge in [0.1, 0.15) is 11.6 Å². The smallest absolute Gasteiger partial charge is 0.267 e. The minimum atomic E-state index is -0.405. The van der Waals surface area contributed by atoms with E-state index in [0.717, 1.165) is 40.9 Å². The van der Waals surface area contributed by atoms with Crippen LogP contribution in [-0.4, -0.2) is 5.91 Å². The van der Waals surface area contributed by atoms with Crippen LogP contribution in [0.25, 0.3) is 0 Å². The lowest BCUT2D eigenvalue weighted by atomic mass is 10.0. The van der Waals surface area contributed by atoms with Gasteiger partial charge in [0.2, 0.25) is 0 Å². The summed E-state index contributed by atoms with van der Waals surface area (Å²) in [7, 11) is 0. The molecule has 0 bridgehead atoms. The Balaban J connectivity index is 2.19. The third-order valence-corrected chi connectivity index (χ3v) is 4.04. The molecule has 2 N–H and O–H groups in total. The Morgan fingerprint density at radius 2 is 1.68 bits per heavy atom. The Morgan fingerprint density at radius 1 is 1.08 bits per heavy atom. The summed E-state index contributed by atoms with van der Waals surface area (Å²) in [4.78, 5) is 12.5. The first-order valence-electron chi connectivity index (χ1n) is 8.44. The van der Waals surface area contributed by atoms with E-state index in [9.17, 15) is 10.1 Å². The summed E-state index contributed by atoms with van der Waals surface area (Å²) in [5, 5.41) is 15.2. The van der Waals surface area contributed by atoms with Gasteiger partial charge in [-0.2, -0.15) is 5.26 Å². The van der Waals surface area contributed by atoms with Gasteiger partial charge in [0.05, 0.1) is 0 Å². The van der Waals surface area contributed by atoms with Gasteiger partial charge in [-0.05, 0) is 43.0 Å². The van der Waals surface area contributed by atoms with Crippen LogP contribution in [0.2, 0.25) is 0 Å². The molecule has 2 aromatic rings. The van der Waals surface area contributed by atoms with Crippen LogP contribution in [-0.2, 0) is 17.6 Å². The van der Waals surface area contributed by atoms with Crippen molar-refractivity contribution in [2.75, 3.05) is 10.6 Å². The van der Waals surface area contributed by atoms with Crippen molar-refractivity contribution in [2.45, 2.75) is 33.6 Å². The van der Waals surface area contributed by atoms with Crippen molar-refractivity contribution in [3.63, 3.8) is 0 Å². The van der Waals surface area contributed by atoms with Crippen LogP contribution in [0.4, 0.5) is 11.4 Å². The Hall–Kier alpha value is -3.06. The highest BCUT2D eigenvalue weighted by molar-refractivity contribution is 6.07. The average molecular weight is 333 g/mol. The second kappa shape index (κ2) is 8.70. The number of rotatable bonds is 6. The third-order valence-electron chi connectivity index (χ3n) is 4.04. The Labute approximate surface area is 149 Å². The van der Waals surface area contributed by atoms with E-state index in [0.29, 0.717) is 0 Å². The van der Waals surface area contributed by atoms with Crippen molar-refractivity contribution in [1.29, 1.82) is 5.26 Å². The van der Waals surface area contributed by atoms with E-state index in [1.54, 1.807) is 0 Å². The molecule has 0 aliphatic carbocycles. The molecule has 0 aromatic heterocycles. The van der Waals surface area contributed by atoms with Crippen LogP contribution in [0.15, 0.2) is 54.2 Å². The summed E-state index contributed by atoms with van der Waals surface area (Å²) in [5.74, 6) is -0.405. The van der Waals surface area contributed by atoms with Gasteiger partial charge in [-0.25, -0.2) is 0 Å². The monoisotopic (exact) mass is 333 g/mol. The first-order valence-corrected chi connectivity index (χ1v) is 8.44. The highest BCUT2D eigenvalue weighted by Gasteiger charge is 2.13. The maximum Gasteiger partial charge on any atom is 0.267 e. The topological polar surface area (TPSA) is 64.9 Å². The van der Waals surface area contributed by atoms with Crippen molar-refractivity contribution in [2.24, 2.45) is 0 Å². The van der Waals surface area contributed by atoms with Gasteiger partial charge in [0.25, 0.3) is 5.91 Å². The van der Waals surface area contributed by atoms with Crippen molar-refractivity contribution in [3.8, 4) is 6.07 Å². The number of amides is 1. The SMILES string of the molecule is CCc1cccc(CC)c1NC(=O)/C(C#N)=C\Nc1ccc(C)cc1. The van der Waals surface area contributed by atoms with E-state index in [4.69, 9.17) is 0 Å². The van der Waals surface area contributed by atoms with Gasteiger partial charge in [-0.15, -0.1) is 0 Å². The van der Waals surface area contributed by atoms with Crippen LogP contribution in [0.5, 0.6) is 0 Å². The van der Waals surface area contributed by atoms with Crippen molar-refractivity contribution >= 4 is 17.3 Å². The maximum atomic E-state index is 12.5. The minimum Gasteiger partial charge on any atom is -0.360 e.